The maximum Gasteiger partial charge on any atom is 0.309 e. The Morgan fingerprint density at radius 2 is 1.89 bits per heavy atom. The summed E-state index contributed by atoms with van der Waals surface area (Å²) in [6.45, 7) is 4.19. The Hall–Kier alpha value is -1.71. The molecule has 0 heterocycles. The Morgan fingerprint density at radius 1 is 1.33 bits per heavy atom. The molecule has 1 N–H and O–H groups in total. The normalized spacial score (nSPS) is 11.1. The summed E-state index contributed by atoms with van der Waals surface area (Å²) in [6, 6.07) is 7.72. The van der Waals surface area contributed by atoms with Crippen LogP contribution in [0.4, 0.5) is 5.69 Å². The number of nitrogens with zero attached hydrogens (tertiary/aromatic N) is 1. The molecule has 0 saturated heterocycles. The van der Waals surface area contributed by atoms with Crippen molar-refractivity contribution in [2.75, 3.05) is 25.6 Å². The summed E-state index contributed by atoms with van der Waals surface area (Å²) in [5.41, 5.74) is 0.359. The molecule has 1 rings (SSSR count). The highest BCUT2D eigenvalue weighted by molar-refractivity contribution is 5.73. The lowest BCUT2D eigenvalue weighted by atomic mass is 9.89. The number of hydrogen-bond donors (Lipinski definition) is 1. The van der Waals surface area contributed by atoms with Crippen molar-refractivity contribution in [2.24, 2.45) is 5.41 Å². The van der Waals surface area contributed by atoms with Gasteiger partial charge in [-0.1, -0.05) is 0 Å². The van der Waals surface area contributed by atoms with Gasteiger partial charge < -0.3 is 14.7 Å². The number of rotatable bonds is 6. The van der Waals surface area contributed by atoms with Gasteiger partial charge in [-0.05, 0) is 44.5 Å². The molecule has 0 aliphatic heterocycles. The Kier molecular flexibility index (Phi) is 4.59. The van der Waals surface area contributed by atoms with Gasteiger partial charge in [0.1, 0.15) is 5.75 Å². The molecule has 0 spiro atoms. The molecular formula is C14H21NO3. The van der Waals surface area contributed by atoms with Crippen LogP contribution in [-0.2, 0) is 4.79 Å². The lowest BCUT2D eigenvalue weighted by Crippen LogP contribution is -2.30. The minimum Gasteiger partial charge on any atom is -0.497 e. The van der Waals surface area contributed by atoms with Gasteiger partial charge in [-0.15, -0.1) is 0 Å². The van der Waals surface area contributed by atoms with Gasteiger partial charge in [0, 0.05) is 19.3 Å². The van der Waals surface area contributed by atoms with Crippen LogP contribution in [0.5, 0.6) is 5.75 Å². The van der Waals surface area contributed by atoms with E-state index in [0.29, 0.717) is 13.0 Å². The van der Waals surface area contributed by atoms with Crippen molar-refractivity contribution in [3.8, 4) is 5.75 Å². The average Bonchev–Trinajstić information content (AvgIpc) is 2.36. The molecule has 1 aromatic rings. The largest absolute Gasteiger partial charge is 0.497 e. The van der Waals surface area contributed by atoms with Gasteiger partial charge in [0.05, 0.1) is 12.5 Å². The first-order valence-corrected chi connectivity index (χ1v) is 5.95. The highest BCUT2D eigenvalue weighted by Gasteiger charge is 2.26. The van der Waals surface area contributed by atoms with Crippen LogP contribution in [0.2, 0.25) is 0 Å². The third-order valence-electron chi connectivity index (χ3n) is 3.16. The molecule has 0 fully saturated rings. The molecule has 0 saturated carbocycles. The standard InChI is InChI=1S/C14H21NO3/c1-14(2,13(16)17)9-10-15(3)11-5-7-12(18-4)8-6-11/h5-8H,9-10H2,1-4H3,(H,16,17). The Bertz CT molecular complexity index is 398. The first-order chi connectivity index (χ1) is 8.36. The summed E-state index contributed by atoms with van der Waals surface area (Å²) in [5.74, 6) is 0.0589. The van der Waals surface area contributed by atoms with Gasteiger partial charge in [-0.3, -0.25) is 4.79 Å². The minimum absolute atomic E-state index is 0.602. The number of hydrogen-bond acceptors (Lipinski definition) is 3. The van der Waals surface area contributed by atoms with Crippen LogP contribution in [0.1, 0.15) is 20.3 Å². The topological polar surface area (TPSA) is 49.8 Å². The molecule has 0 bridgehead atoms. The zero-order chi connectivity index (χ0) is 13.8. The van der Waals surface area contributed by atoms with Gasteiger partial charge >= 0.3 is 5.97 Å². The van der Waals surface area contributed by atoms with Crippen LogP contribution in [0.3, 0.4) is 0 Å². The van der Waals surface area contributed by atoms with Crippen LogP contribution >= 0.6 is 0 Å². The lowest BCUT2D eigenvalue weighted by molar-refractivity contribution is -0.147. The Balaban J connectivity index is 2.59. The van der Waals surface area contributed by atoms with Crippen molar-refractivity contribution >= 4 is 11.7 Å². The fourth-order valence-corrected chi connectivity index (χ4v) is 1.52. The second-order valence-electron chi connectivity index (χ2n) is 5.06. The first-order valence-electron chi connectivity index (χ1n) is 5.95. The summed E-state index contributed by atoms with van der Waals surface area (Å²) >= 11 is 0. The Morgan fingerprint density at radius 3 is 2.33 bits per heavy atom. The third kappa shape index (κ3) is 3.65. The molecular weight excluding hydrogens is 230 g/mol. The van der Waals surface area contributed by atoms with Crippen LogP contribution in [-0.4, -0.2) is 31.8 Å². The molecule has 0 aromatic heterocycles. The van der Waals surface area contributed by atoms with Crippen molar-refractivity contribution in [2.45, 2.75) is 20.3 Å². The predicted octanol–water partition coefficient (Wildman–Crippen LogP) is 2.63. The van der Waals surface area contributed by atoms with Crippen LogP contribution in [0.15, 0.2) is 24.3 Å². The summed E-state index contributed by atoms with van der Waals surface area (Å²) in [5, 5.41) is 9.06. The molecule has 100 valence electrons. The van der Waals surface area contributed by atoms with E-state index >= 15 is 0 Å². The number of carboxylic acids is 1. The number of carboxylic acid groups (broad SMARTS) is 1. The second kappa shape index (κ2) is 5.76. The van der Waals surface area contributed by atoms with E-state index < -0.39 is 11.4 Å². The van der Waals surface area contributed by atoms with E-state index in [0.717, 1.165) is 11.4 Å². The maximum absolute atomic E-state index is 11.0. The molecule has 0 atom stereocenters. The van der Waals surface area contributed by atoms with E-state index in [1.165, 1.54) is 0 Å². The molecule has 0 aliphatic carbocycles. The van der Waals surface area contributed by atoms with Gasteiger partial charge in [-0.2, -0.15) is 0 Å². The zero-order valence-corrected chi connectivity index (χ0v) is 11.4. The van der Waals surface area contributed by atoms with Crippen LogP contribution in [0, 0.1) is 5.41 Å². The maximum atomic E-state index is 11.0. The molecule has 0 aliphatic rings. The first kappa shape index (κ1) is 14.4. The summed E-state index contributed by atoms with van der Waals surface area (Å²) in [6.07, 6.45) is 0.602. The van der Waals surface area contributed by atoms with Crippen LogP contribution < -0.4 is 9.64 Å². The zero-order valence-electron chi connectivity index (χ0n) is 11.4. The van der Waals surface area contributed by atoms with Gasteiger partial charge in [-0.25, -0.2) is 0 Å². The molecule has 0 unspecified atom stereocenters. The summed E-state index contributed by atoms with van der Waals surface area (Å²) in [4.78, 5) is 13.1. The SMILES string of the molecule is COc1ccc(N(C)CCC(C)(C)C(=O)O)cc1. The number of ether oxygens (including phenoxy) is 1. The van der Waals surface area contributed by atoms with Crippen molar-refractivity contribution in [3.05, 3.63) is 24.3 Å². The molecule has 0 radical (unpaired) electrons. The van der Waals surface area contributed by atoms with Gasteiger partial charge in [0.15, 0.2) is 0 Å². The number of aliphatic carboxylic acids is 1. The van der Waals surface area contributed by atoms with E-state index in [9.17, 15) is 4.79 Å². The van der Waals surface area contributed by atoms with Crippen molar-refractivity contribution in [3.63, 3.8) is 0 Å². The molecule has 1 aromatic carbocycles. The van der Waals surface area contributed by atoms with Gasteiger partial charge in [0.25, 0.3) is 0 Å². The van der Waals surface area contributed by atoms with E-state index in [1.807, 2.05) is 36.2 Å². The van der Waals surface area contributed by atoms with E-state index in [4.69, 9.17) is 9.84 Å². The van der Waals surface area contributed by atoms with Crippen LogP contribution in [0.25, 0.3) is 0 Å². The average molecular weight is 251 g/mol. The third-order valence-corrected chi connectivity index (χ3v) is 3.16. The van der Waals surface area contributed by atoms with Crippen molar-refractivity contribution in [1.29, 1.82) is 0 Å². The molecule has 18 heavy (non-hydrogen) atoms. The second-order valence-corrected chi connectivity index (χ2v) is 5.06. The van der Waals surface area contributed by atoms with Crippen molar-refractivity contribution < 1.29 is 14.6 Å². The van der Waals surface area contributed by atoms with E-state index in [-0.39, 0.29) is 0 Å². The summed E-state index contributed by atoms with van der Waals surface area (Å²) in [7, 11) is 3.59. The smallest absolute Gasteiger partial charge is 0.309 e. The predicted molar refractivity (Wildman–Crippen MR) is 72.3 cm³/mol. The monoisotopic (exact) mass is 251 g/mol. The number of carbonyl (C=O) groups is 1. The number of benzene rings is 1. The fraction of sp³-hybridized carbons (Fsp3) is 0.500. The van der Waals surface area contributed by atoms with E-state index in [1.54, 1.807) is 21.0 Å². The Labute approximate surface area is 108 Å². The quantitative estimate of drug-likeness (QED) is 0.844. The summed E-state index contributed by atoms with van der Waals surface area (Å²) < 4.78 is 5.10. The number of anilines is 1. The van der Waals surface area contributed by atoms with E-state index in [2.05, 4.69) is 0 Å². The molecule has 4 heteroatoms. The highest BCUT2D eigenvalue weighted by Crippen LogP contribution is 2.23. The molecule has 0 amide bonds. The minimum atomic E-state index is -0.759. The number of methoxy groups -OCH3 is 1. The molecule has 4 nitrogen and oxygen atoms in total. The highest BCUT2D eigenvalue weighted by atomic mass is 16.5. The lowest BCUT2D eigenvalue weighted by Gasteiger charge is -2.25. The fourth-order valence-electron chi connectivity index (χ4n) is 1.52. The van der Waals surface area contributed by atoms with Crippen molar-refractivity contribution in [1.82, 2.24) is 0 Å². The van der Waals surface area contributed by atoms with Gasteiger partial charge in [0.2, 0.25) is 0 Å².